The van der Waals surface area contributed by atoms with E-state index in [2.05, 4.69) is 4.99 Å². The topological polar surface area (TPSA) is 126 Å². The zero-order valence-electron chi connectivity index (χ0n) is 21.2. The maximum Gasteiger partial charge on any atom is 0.338 e. The molecule has 0 unspecified atom stereocenters. The summed E-state index contributed by atoms with van der Waals surface area (Å²) >= 11 is 1.19. The Morgan fingerprint density at radius 2 is 1.87 bits per heavy atom. The first-order valence-corrected chi connectivity index (χ1v) is 12.8. The molecule has 39 heavy (non-hydrogen) atoms. The Morgan fingerprint density at radius 3 is 2.51 bits per heavy atom. The van der Waals surface area contributed by atoms with Gasteiger partial charge in [-0.3, -0.25) is 19.5 Å². The third-order valence-electron chi connectivity index (χ3n) is 6.21. The molecule has 0 radical (unpaired) electrons. The van der Waals surface area contributed by atoms with E-state index in [9.17, 15) is 19.7 Å². The van der Waals surface area contributed by atoms with Crippen LogP contribution in [0.4, 0.5) is 5.69 Å². The van der Waals surface area contributed by atoms with Crippen LogP contribution >= 0.6 is 11.3 Å². The first-order valence-electron chi connectivity index (χ1n) is 12.0. The van der Waals surface area contributed by atoms with Crippen molar-refractivity contribution >= 4 is 29.1 Å². The van der Waals surface area contributed by atoms with Crippen molar-refractivity contribution in [2.75, 3.05) is 13.7 Å². The molecule has 2 aromatic carbocycles. The molecular weight excluding hydrogens is 522 g/mol. The van der Waals surface area contributed by atoms with E-state index in [1.165, 1.54) is 28.0 Å². The van der Waals surface area contributed by atoms with E-state index in [-0.39, 0.29) is 17.9 Å². The van der Waals surface area contributed by atoms with Crippen LogP contribution in [0, 0.1) is 10.1 Å². The third-order valence-corrected chi connectivity index (χ3v) is 7.19. The minimum atomic E-state index is -0.736. The number of nitro groups is 1. The van der Waals surface area contributed by atoms with Gasteiger partial charge in [-0.25, -0.2) is 9.79 Å². The van der Waals surface area contributed by atoms with Crippen molar-refractivity contribution in [2.45, 2.75) is 19.9 Å². The van der Waals surface area contributed by atoms with Crippen LogP contribution in [0.1, 0.15) is 31.2 Å². The lowest BCUT2D eigenvalue weighted by atomic mass is 9.96. The summed E-state index contributed by atoms with van der Waals surface area (Å²) in [5.74, 6) is 1.04. The van der Waals surface area contributed by atoms with Crippen molar-refractivity contribution in [1.29, 1.82) is 0 Å². The number of benzene rings is 2. The summed E-state index contributed by atoms with van der Waals surface area (Å²) in [4.78, 5) is 42.2. The molecule has 10 nitrogen and oxygen atoms in total. The van der Waals surface area contributed by atoms with E-state index in [1.807, 2.05) is 12.1 Å². The van der Waals surface area contributed by atoms with Gasteiger partial charge in [0.05, 0.1) is 40.5 Å². The Bertz CT molecular complexity index is 1780. The van der Waals surface area contributed by atoms with Crippen molar-refractivity contribution in [3.8, 4) is 17.1 Å². The fraction of sp³-hybridized carbons (Fsp3) is 0.179. The molecule has 1 aliphatic heterocycles. The van der Waals surface area contributed by atoms with E-state index in [0.717, 1.165) is 0 Å². The summed E-state index contributed by atoms with van der Waals surface area (Å²) in [6.45, 7) is 3.63. The monoisotopic (exact) mass is 545 g/mol. The van der Waals surface area contributed by atoms with Crippen molar-refractivity contribution in [3.63, 3.8) is 0 Å². The number of thiazole rings is 1. The number of fused-ring (bicyclic) bond motifs is 1. The SMILES string of the molecule is CCOC(=O)C1=C(C)N=c2s/c(=C\c3ccc(-c4ccc([N+](=O)[O-])cc4)o3)c(=O)n2[C@H]1c1ccc(OC)cc1. The summed E-state index contributed by atoms with van der Waals surface area (Å²) in [5, 5.41) is 10.9. The second-order valence-corrected chi connectivity index (χ2v) is 9.59. The van der Waals surface area contributed by atoms with Gasteiger partial charge in [-0.1, -0.05) is 23.5 Å². The Hall–Kier alpha value is -4.77. The minimum Gasteiger partial charge on any atom is -0.497 e. The fourth-order valence-corrected chi connectivity index (χ4v) is 5.38. The quantitative estimate of drug-likeness (QED) is 0.195. The third kappa shape index (κ3) is 4.91. The van der Waals surface area contributed by atoms with Crippen LogP contribution < -0.4 is 19.6 Å². The molecule has 2 aromatic heterocycles. The first-order chi connectivity index (χ1) is 18.8. The molecule has 0 aliphatic carbocycles. The molecule has 1 aliphatic rings. The number of esters is 1. The predicted octanol–water partition coefficient (Wildman–Crippen LogP) is 3.98. The van der Waals surface area contributed by atoms with Crippen LogP contribution in [-0.2, 0) is 9.53 Å². The number of hydrogen-bond acceptors (Lipinski definition) is 9. The van der Waals surface area contributed by atoms with Crippen LogP contribution in [0.5, 0.6) is 5.75 Å². The van der Waals surface area contributed by atoms with Crippen LogP contribution in [0.15, 0.2) is 86.1 Å². The average Bonchev–Trinajstić information content (AvgIpc) is 3.52. The Kier molecular flexibility index (Phi) is 6.99. The minimum absolute atomic E-state index is 0.0180. The number of furan rings is 1. The van der Waals surface area contributed by atoms with E-state index < -0.39 is 16.9 Å². The molecule has 0 saturated heterocycles. The van der Waals surface area contributed by atoms with E-state index in [0.29, 0.717) is 49.0 Å². The normalized spacial score (nSPS) is 15.1. The molecule has 1 atom stereocenters. The summed E-state index contributed by atoms with van der Waals surface area (Å²) in [7, 11) is 1.56. The van der Waals surface area contributed by atoms with Gasteiger partial charge >= 0.3 is 5.97 Å². The number of nitrogens with zero attached hydrogens (tertiary/aromatic N) is 3. The largest absolute Gasteiger partial charge is 0.497 e. The molecule has 0 fully saturated rings. The molecule has 5 rings (SSSR count). The van der Waals surface area contributed by atoms with Crippen molar-refractivity contribution < 1.29 is 23.6 Å². The second-order valence-electron chi connectivity index (χ2n) is 8.58. The lowest BCUT2D eigenvalue weighted by Crippen LogP contribution is -2.39. The van der Waals surface area contributed by atoms with Gasteiger partial charge in [0.25, 0.3) is 11.2 Å². The first kappa shape index (κ1) is 25.9. The average molecular weight is 546 g/mol. The van der Waals surface area contributed by atoms with Crippen molar-refractivity contribution in [2.24, 2.45) is 4.99 Å². The van der Waals surface area contributed by atoms with Crippen LogP contribution in [0.25, 0.3) is 17.4 Å². The molecule has 0 spiro atoms. The molecule has 0 amide bonds. The molecule has 198 valence electrons. The van der Waals surface area contributed by atoms with Crippen LogP contribution in [0.3, 0.4) is 0 Å². The highest BCUT2D eigenvalue weighted by Crippen LogP contribution is 2.31. The lowest BCUT2D eigenvalue weighted by molar-refractivity contribution is -0.384. The number of methoxy groups -OCH3 is 1. The molecule has 0 bridgehead atoms. The molecule has 0 saturated carbocycles. The maximum absolute atomic E-state index is 13.7. The predicted molar refractivity (Wildman–Crippen MR) is 144 cm³/mol. The number of nitro benzene ring substituents is 1. The van der Waals surface area contributed by atoms with Crippen LogP contribution in [0.2, 0.25) is 0 Å². The zero-order valence-corrected chi connectivity index (χ0v) is 22.1. The van der Waals surface area contributed by atoms with Crippen molar-refractivity contribution in [1.82, 2.24) is 4.57 Å². The van der Waals surface area contributed by atoms with Gasteiger partial charge in [0.2, 0.25) is 0 Å². The molecular formula is C28H23N3O7S. The van der Waals surface area contributed by atoms with Gasteiger partial charge in [-0.15, -0.1) is 0 Å². The number of non-ortho nitro benzene ring substituents is 1. The number of carbonyl (C=O) groups excluding carboxylic acids is 1. The van der Waals surface area contributed by atoms with E-state index >= 15 is 0 Å². The lowest BCUT2D eigenvalue weighted by Gasteiger charge is -2.24. The van der Waals surface area contributed by atoms with Gasteiger partial charge in [-0.2, -0.15) is 0 Å². The van der Waals surface area contributed by atoms with E-state index in [4.69, 9.17) is 13.9 Å². The van der Waals surface area contributed by atoms with Crippen LogP contribution in [-0.4, -0.2) is 29.2 Å². The number of aromatic nitrogens is 1. The van der Waals surface area contributed by atoms with Gasteiger partial charge in [0.1, 0.15) is 17.3 Å². The molecule has 11 heteroatoms. The van der Waals surface area contributed by atoms with Gasteiger partial charge < -0.3 is 13.9 Å². The standard InChI is InChI=1S/C28H23N3O7S/c1-4-37-27(33)24-16(2)29-28-30(25(24)18-7-11-20(36-3)12-8-18)26(32)23(39-28)15-21-13-14-22(38-21)17-5-9-19(10-6-17)31(34)35/h5-15,25H,4H2,1-3H3/b23-15-/t25-/m0/s1. The zero-order chi connectivity index (χ0) is 27.7. The highest BCUT2D eigenvalue weighted by atomic mass is 32.1. The summed E-state index contributed by atoms with van der Waals surface area (Å²) in [6.07, 6.45) is 1.62. The number of ether oxygens (including phenoxy) is 2. The fourth-order valence-electron chi connectivity index (χ4n) is 4.36. The molecule has 4 aromatic rings. The molecule has 3 heterocycles. The summed E-state index contributed by atoms with van der Waals surface area (Å²) in [6, 6.07) is 15.9. The summed E-state index contributed by atoms with van der Waals surface area (Å²) < 4.78 is 18.4. The van der Waals surface area contributed by atoms with Gasteiger partial charge in [0, 0.05) is 23.8 Å². The number of rotatable bonds is 7. The Labute approximate surface area is 225 Å². The highest BCUT2D eigenvalue weighted by Gasteiger charge is 2.33. The second kappa shape index (κ2) is 10.5. The smallest absolute Gasteiger partial charge is 0.338 e. The number of allylic oxidation sites excluding steroid dienone is 1. The van der Waals surface area contributed by atoms with Gasteiger partial charge in [-0.05, 0) is 55.8 Å². The Morgan fingerprint density at radius 1 is 1.15 bits per heavy atom. The number of hydrogen-bond donors (Lipinski definition) is 0. The van der Waals surface area contributed by atoms with Gasteiger partial charge in [0.15, 0.2) is 4.80 Å². The highest BCUT2D eigenvalue weighted by molar-refractivity contribution is 7.07. The van der Waals surface area contributed by atoms with Crippen molar-refractivity contribution in [3.05, 3.63) is 113 Å². The Balaban J connectivity index is 1.59. The maximum atomic E-state index is 13.7. The van der Waals surface area contributed by atoms with E-state index in [1.54, 1.807) is 63.4 Å². The summed E-state index contributed by atoms with van der Waals surface area (Å²) in [5.41, 5.74) is 1.79. The molecule has 0 N–H and O–H groups in total. The number of carbonyl (C=O) groups is 1.